The monoisotopic (exact) mass is 167 g/mol. The topological polar surface area (TPSA) is 12.0 Å². The minimum absolute atomic E-state index is 0.742. The molecule has 12 heavy (non-hydrogen) atoms. The maximum Gasteiger partial charge on any atom is 0.000829 e. The van der Waals surface area contributed by atoms with Crippen LogP contribution in [0.15, 0.2) is 0 Å². The Morgan fingerprint density at radius 2 is 2.00 bits per heavy atom. The van der Waals surface area contributed by atoms with Crippen molar-refractivity contribution in [3.05, 3.63) is 0 Å². The fourth-order valence-electron chi connectivity index (χ4n) is 2.92. The van der Waals surface area contributed by atoms with Crippen molar-refractivity contribution < 1.29 is 0 Å². The molecule has 1 aliphatic carbocycles. The average molecular weight is 167 g/mol. The van der Waals surface area contributed by atoms with Crippen molar-refractivity contribution in [2.24, 2.45) is 11.3 Å². The summed E-state index contributed by atoms with van der Waals surface area (Å²) in [6, 6.07) is 0. The van der Waals surface area contributed by atoms with Gasteiger partial charge in [-0.25, -0.2) is 0 Å². The normalized spacial score (nSPS) is 42.2. The Kier molecular flexibility index (Phi) is 2.40. The molecule has 2 rings (SSSR count). The first-order chi connectivity index (χ1) is 5.85. The molecule has 0 aromatic rings. The predicted molar refractivity (Wildman–Crippen MR) is 52.2 cm³/mol. The molecule has 0 amide bonds. The van der Waals surface area contributed by atoms with Gasteiger partial charge in [-0.3, -0.25) is 0 Å². The highest BCUT2D eigenvalue weighted by Gasteiger charge is 2.36. The summed E-state index contributed by atoms with van der Waals surface area (Å²) in [4.78, 5) is 0. The van der Waals surface area contributed by atoms with E-state index in [1.165, 1.54) is 51.6 Å². The largest absolute Gasteiger partial charge is 0.316 e. The molecule has 1 spiro atoms. The highest BCUT2D eigenvalue weighted by Crippen LogP contribution is 2.43. The molecular weight excluding hydrogens is 146 g/mol. The quantitative estimate of drug-likeness (QED) is 0.633. The summed E-state index contributed by atoms with van der Waals surface area (Å²) in [6.45, 7) is 4.93. The molecule has 1 saturated carbocycles. The molecule has 0 radical (unpaired) electrons. The van der Waals surface area contributed by atoms with Crippen LogP contribution in [0.1, 0.15) is 45.4 Å². The molecule has 0 aromatic heterocycles. The van der Waals surface area contributed by atoms with Crippen molar-refractivity contribution in [3.8, 4) is 0 Å². The SMILES string of the molecule is CCC1CCC2(CCNC2)CC1. The highest BCUT2D eigenvalue weighted by molar-refractivity contribution is 4.91. The van der Waals surface area contributed by atoms with Crippen molar-refractivity contribution in [3.63, 3.8) is 0 Å². The fraction of sp³-hybridized carbons (Fsp3) is 1.00. The van der Waals surface area contributed by atoms with Crippen molar-refractivity contribution >= 4 is 0 Å². The van der Waals surface area contributed by atoms with Crippen LogP contribution in [-0.4, -0.2) is 13.1 Å². The molecule has 1 N–H and O–H groups in total. The van der Waals surface area contributed by atoms with Crippen LogP contribution in [0.4, 0.5) is 0 Å². The number of rotatable bonds is 1. The van der Waals surface area contributed by atoms with Gasteiger partial charge in [0.15, 0.2) is 0 Å². The summed E-state index contributed by atoms with van der Waals surface area (Å²) in [5, 5.41) is 3.52. The smallest absolute Gasteiger partial charge is 0.000829 e. The van der Waals surface area contributed by atoms with Crippen LogP contribution < -0.4 is 5.32 Å². The first-order valence-electron chi connectivity index (χ1n) is 5.55. The van der Waals surface area contributed by atoms with Crippen LogP contribution in [0.2, 0.25) is 0 Å². The predicted octanol–water partition coefficient (Wildman–Crippen LogP) is 2.57. The second kappa shape index (κ2) is 3.37. The third kappa shape index (κ3) is 1.52. The summed E-state index contributed by atoms with van der Waals surface area (Å²) < 4.78 is 0. The van der Waals surface area contributed by atoms with Crippen molar-refractivity contribution in [1.82, 2.24) is 5.32 Å². The van der Waals surface area contributed by atoms with E-state index < -0.39 is 0 Å². The van der Waals surface area contributed by atoms with Gasteiger partial charge in [0.2, 0.25) is 0 Å². The molecule has 1 nitrogen and oxygen atoms in total. The summed E-state index contributed by atoms with van der Waals surface area (Å²) in [6.07, 6.45) is 8.85. The molecule has 0 aromatic carbocycles. The minimum atomic E-state index is 0.742. The van der Waals surface area contributed by atoms with Crippen LogP contribution in [0, 0.1) is 11.3 Å². The molecule has 2 aliphatic rings. The lowest BCUT2D eigenvalue weighted by atomic mass is 9.69. The summed E-state index contributed by atoms with van der Waals surface area (Å²) in [5.41, 5.74) is 0.742. The van der Waals surface area contributed by atoms with Crippen LogP contribution in [-0.2, 0) is 0 Å². The van der Waals surface area contributed by atoms with Crippen molar-refractivity contribution in [1.29, 1.82) is 0 Å². The molecule has 1 heteroatoms. The van der Waals surface area contributed by atoms with Crippen molar-refractivity contribution in [2.75, 3.05) is 13.1 Å². The molecule has 1 saturated heterocycles. The fourth-order valence-corrected chi connectivity index (χ4v) is 2.92. The van der Waals surface area contributed by atoms with Gasteiger partial charge in [0, 0.05) is 6.54 Å². The van der Waals surface area contributed by atoms with Gasteiger partial charge in [-0.15, -0.1) is 0 Å². The van der Waals surface area contributed by atoms with Gasteiger partial charge in [0.1, 0.15) is 0 Å². The number of hydrogen-bond acceptors (Lipinski definition) is 1. The van der Waals surface area contributed by atoms with Gasteiger partial charge in [-0.2, -0.15) is 0 Å². The zero-order valence-corrected chi connectivity index (χ0v) is 8.23. The van der Waals surface area contributed by atoms with E-state index in [-0.39, 0.29) is 0 Å². The lowest BCUT2D eigenvalue weighted by Gasteiger charge is -2.36. The van der Waals surface area contributed by atoms with E-state index in [1.807, 2.05) is 0 Å². The Bertz CT molecular complexity index is 137. The lowest BCUT2D eigenvalue weighted by Crippen LogP contribution is -2.29. The molecule has 0 unspecified atom stereocenters. The van der Waals surface area contributed by atoms with E-state index >= 15 is 0 Å². The van der Waals surface area contributed by atoms with Gasteiger partial charge >= 0.3 is 0 Å². The number of nitrogens with one attached hydrogen (secondary N) is 1. The Hall–Kier alpha value is -0.0400. The molecule has 1 heterocycles. The van der Waals surface area contributed by atoms with E-state index in [2.05, 4.69) is 12.2 Å². The first-order valence-corrected chi connectivity index (χ1v) is 5.55. The molecular formula is C11H21N. The Balaban J connectivity index is 1.88. The Labute approximate surface area is 75.9 Å². The second-order valence-corrected chi connectivity index (χ2v) is 4.78. The van der Waals surface area contributed by atoms with Crippen molar-refractivity contribution in [2.45, 2.75) is 45.4 Å². The third-order valence-corrected chi connectivity index (χ3v) is 4.08. The molecule has 2 fully saturated rings. The summed E-state index contributed by atoms with van der Waals surface area (Å²) in [7, 11) is 0. The Morgan fingerprint density at radius 1 is 1.25 bits per heavy atom. The standard InChI is InChI=1S/C11H21N/c1-2-10-3-5-11(6-4-10)7-8-12-9-11/h10,12H,2-9H2,1H3. The zero-order chi connectivity index (χ0) is 8.44. The minimum Gasteiger partial charge on any atom is -0.316 e. The number of hydrogen-bond donors (Lipinski definition) is 1. The first kappa shape index (κ1) is 8.55. The molecule has 0 bridgehead atoms. The highest BCUT2D eigenvalue weighted by atomic mass is 14.9. The summed E-state index contributed by atoms with van der Waals surface area (Å²) >= 11 is 0. The maximum atomic E-state index is 3.52. The van der Waals surface area contributed by atoms with E-state index in [0.29, 0.717) is 0 Å². The summed E-state index contributed by atoms with van der Waals surface area (Å²) in [5.74, 6) is 1.05. The second-order valence-electron chi connectivity index (χ2n) is 4.78. The van der Waals surface area contributed by atoms with E-state index in [4.69, 9.17) is 0 Å². The average Bonchev–Trinajstić information content (AvgIpc) is 2.55. The van der Waals surface area contributed by atoms with Crippen LogP contribution >= 0.6 is 0 Å². The van der Waals surface area contributed by atoms with Gasteiger partial charge in [-0.1, -0.05) is 13.3 Å². The van der Waals surface area contributed by atoms with Gasteiger partial charge in [0.25, 0.3) is 0 Å². The molecule has 0 atom stereocenters. The van der Waals surface area contributed by atoms with E-state index in [9.17, 15) is 0 Å². The van der Waals surface area contributed by atoms with Crippen LogP contribution in [0.25, 0.3) is 0 Å². The molecule has 70 valence electrons. The van der Waals surface area contributed by atoms with Crippen LogP contribution in [0.3, 0.4) is 0 Å². The van der Waals surface area contributed by atoms with Gasteiger partial charge in [0.05, 0.1) is 0 Å². The molecule has 1 aliphatic heterocycles. The van der Waals surface area contributed by atoms with E-state index in [0.717, 1.165) is 11.3 Å². The lowest BCUT2D eigenvalue weighted by molar-refractivity contribution is 0.168. The van der Waals surface area contributed by atoms with Gasteiger partial charge < -0.3 is 5.32 Å². The Morgan fingerprint density at radius 3 is 2.50 bits per heavy atom. The van der Waals surface area contributed by atoms with E-state index in [1.54, 1.807) is 0 Å². The zero-order valence-electron chi connectivity index (χ0n) is 8.23. The van der Waals surface area contributed by atoms with Gasteiger partial charge in [-0.05, 0) is 50.0 Å². The maximum absolute atomic E-state index is 3.52. The van der Waals surface area contributed by atoms with Crippen LogP contribution in [0.5, 0.6) is 0 Å². The third-order valence-electron chi connectivity index (χ3n) is 4.08.